The van der Waals surface area contributed by atoms with E-state index in [1.807, 2.05) is 6.92 Å². The summed E-state index contributed by atoms with van der Waals surface area (Å²) in [6, 6.07) is 1.80. The van der Waals surface area contributed by atoms with E-state index in [4.69, 9.17) is 15.2 Å². The highest BCUT2D eigenvalue weighted by Gasteiger charge is 2.16. The molecular formula is C12H19N3O2S. The van der Waals surface area contributed by atoms with Crippen LogP contribution in [0.15, 0.2) is 11.1 Å². The minimum absolute atomic E-state index is 0.349. The van der Waals surface area contributed by atoms with Gasteiger partial charge in [-0.25, -0.2) is 9.97 Å². The van der Waals surface area contributed by atoms with E-state index in [1.54, 1.807) is 17.8 Å². The van der Waals surface area contributed by atoms with Crippen LogP contribution < -0.4 is 5.73 Å². The van der Waals surface area contributed by atoms with Gasteiger partial charge in [0.25, 0.3) is 0 Å². The van der Waals surface area contributed by atoms with E-state index in [0.717, 1.165) is 30.2 Å². The first-order valence-electron chi connectivity index (χ1n) is 6.23. The Bertz CT molecular complexity index is 384. The normalized spacial score (nSPS) is 19.3. The van der Waals surface area contributed by atoms with E-state index in [9.17, 15) is 0 Å². The van der Waals surface area contributed by atoms with Crippen LogP contribution in [-0.2, 0) is 16.1 Å². The molecule has 0 spiro atoms. The average molecular weight is 269 g/mol. The molecule has 1 atom stereocenters. The number of aromatic nitrogens is 2. The molecule has 5 nitrogen and oxygen atoms in total. The van der Waals surface area contributed by atoms with Crippen molar-refractivity contribution in [2.75, 3.05) is 24.7 Å². The van der Waals surface area contributed by atoms with E-state index in [-0.39, 0.29) is 0 Å². The Hall–Kier alpha value is -0.850. The minimum atomic E-state index is 0.349. The van der Waals surface area contributed by atoms with Crippen molar-refractivity contribution in [2.45, 2.75) is 37.5 Å². The second-order valence-electron chi connectivity index (χ2n) is 4.13. The third-order valence-corrected chi connectivity index (χ3v) is 3.69. The maximum absolute atomic E-state index is 5.76. The van der Waals surface area contributed by atoms with Gasteiger partial charge in [-0.3, -0.25) is 0 Å². The van der Waals surface area contributed by atoms with Gasteiger partial charge in [-0.2, -0.15) is 0 Å². The monoisotopic (exact) mass is 269 g/mol. The van der Waals surface area contributed by atoms with Crippen molar-refractivity contribution in [1.29, 1.82) is 0 Å². The first-order chi connectivity index (χ1) is 8.78. The molecule has 0 radical (unpaired) electrons. The molecule has 1 aromatic rings. The molecule has 0 saturated carbocycles. The lowest BCUT2D eigenvalue weighted by Gasteiger charge is -2.09. The average Bonchev–Trinajstić information content (AvgIpc) is 2.86. The van der Waals surface area contributed by atoms with Gasteiger partial charge >= 0.3 is 0 Å². The summed E-state index contributed by atoms with van der Waals surface area (Å²) in [5.41, 5.74) is 5.76. The van der Waals surface area contributed by atoms with Gasteiger partial charge < -0.3 is 15.2 Å². The molecule has 1 unspecified atom stereocenters. The van der Waals surface area contributed by atoms with Gasteiger partial charge in [-0.15, -0.1) is 11.8 Å². The fourth-order valence-electron chi connectivity index (χ4n) is 1.78. The summed E-state index contributed by atoms with van der Waals surface area (Å²) in [6.07, 6.45) is 2.65. The first-order valence-corrected chi connectivity index (χ1v) is 7.22. The number of anilines is 1. The van der Waals surface area contributed by atoms with E-state index in [1.165, 1.54) is 0 Å². The summed E-state index contributed by atoms with van der Waals surface area (Å²) in [5.74, 6) is 2.06. The van der Waals surface area contributed by atoms with Crippen molar-refractivity contribution in [3.63, 3.8) is 0 Å². The van der Waals surface area contributed by atoms with Crippen LogP contribution in [0.1, 0.15) is 25.6 Å². The van der Waals surface area contributed by atoms with Crippen LogP contribution in [0.25, 0.3) is 0 Å². The number of nitrogen functional groups attached to an aromatic ring is 1. The Balaban J connectivity index is 1.91. The Labute approximate surface area is 111 Å². The van der Waals surface area contributed by atoms with Crippen LogP contribution in [0.4, 0.5) is 5.82 Å². The molecule has 0 aromatic carbocycles. The lowest BCUT2D eigenvalue weighted by Crippen LogP contribution is -2.09. The van der Waals surface area contributed by atoms with Crippen molar-refractivity contribution in [1.82, 2.24) is 9.97 Å². The maximum Gasteiger partial charge on any atom is 0.157 e. The quantitative estimate of drug-likeness (QED) is 0.628. The van der Waals surface area contributed by atoms with Crippen molar-refractivity contribution >= 4 is 17.6 Å². The van der Waals surface area contributed by atoms with E-state index < -0.39 is 0 Å². The van der Waals surface area contributed by atoms with E-state index >= 15 is 0 Å². The Morgan fingerprint density at radius 3 is 3.17 bits per heavy atom. The fourth-order valence-corrected chi connectivity index (χ4v) is 2.77. The van der Waals surface area contributed by atoms with Crippen LogP contribution >= 0.6 is 11.8 Å². The predicted molar refractivity (Wildman–Crippen MR) is 71.5 cm³/mol. The van der Waals surface area contributed by atoms with Gasteiger partial charge in [-0.05, 0) is 19.8 Å². The van der Waals surface area contributed by atoms with Crippen molar-refractivity contribution in [3.8, 4) is 0 Å². The Morgan fingerprint density at radius 2 is 2.44 bits per heavy atom. The number of thioether (sulfide) groups is 1. The van der Waals surface area contributed by atoms with Crippen LogP contribution in [0, 0.1) is 0 Å². The molecular weight excluding hydrogens is 250 g/mol. The predicted octanol–water partition coefficient (Wildman–Crippen LogP) is 1.87. The van der Waals surface area contributed by atoms with Crippen LogP contribution in [0.3, 0.4) is 0 Å². The topological polar surface area (TPSA) is 70.3 Å². The highest BCUT2D eigenvalue weighted by atomic mass is 32.2. The summed E-state index contributed by atoms with van der Waals surface area (Å²) in [4.78, 5) is 8.57. The van der Waals surface area contributed by atoms with Crippen molar-refractivity contribution in [2.24, 2.45) is 0 Å². The van der Waals surface area contributed by atoms with Gasteiger partial charge in [0, 0.05) is 25.0 Å². The lowest BCUT2D eigenvalue weighted by molar-refractivity contribution is 0.127. The summed E-state index contributed by atoms with van der Waals surface area (Å²) in [6.45, 7) is 3.89. The molecule has 0 amide bonds. The molecule has 2 heterocycles. The summed E-state index contributed by atoms with van der Waals surface area (Å²) in [5, 5.41) is 0.896. The zero-order chi connectivity index (χ0) is 12.8. The minimum Gasteiger partial charge on any atom is -0.384 e. The summed E-state index contributed by atoms with van der Waals surface area (Å²) in [7, 11) is 0. The lowest BCUT2D eigenvalue weighted by atomic mass is 10.3. The molecule has 2 N–H and O–H groups in total. The molecule has 1 aliphatic rings. The first kappa shape index (κ1) is 13.6. The summed E-state index contributed by atoms with van der Waals surface area (Å²) < 4.78 is 10.9. The molecule has 0 aliphatic carbocycles. The molecule has 0 bridgehead atoms. The number of hydrogen-bond acceptors (Lipinski definition) is 6. The molecule has 1 aromatic heterocycles. The smallest absolute Gasteiger partial charge is 0.157 e. The Kier molecular flexibility index (Phi) is 5.22. The second kappa shape index (κ2) is 6.92. The van der Waals surface area contributed by atoms with Gasteiger partial charge in [0.15, 0.2) is 5.82 Å². The van der Waals surface area contributed by atoms with Crippen LogP contribution in [-0.4, -0.2) is 35.0 Å². The van der Waals surface area contributed by atoms with Gasteiger partial charge in [0.05, 0.1) is 6.10 Å². The van der Waals surface area contributed by atoms with Crippen molar-refractivity contribution in [3.05, 3.63) is 11.9 Å². The highest BCUT2D eigenvalue weighted by molar-refractivity contribution is 7.99. The third-order valence-electron chi connectivity index (χ3n) is 2.65. The number of ether oxygens (including phenoxy) is 2. The number of nitrogens with zero attached hydrogens (tertiary/aromatic N) is 2. The Morgan fingerprint density at radius 1 is 1.56 bits per heavy atom. The van der Waals surface area contributed by atoms with Crippen LogP contribution in [0.5, 0.6) is 0 Å². The zero-order valence-electron chi connectivity index (χ0n) is 10.6. The molecule has 100 valence electrons. The zero-order valence-corrected chi connectivity index (χ0v) is 11.4. The molecule has 6 heteroatoms. The largest absolute Gasteiger partial charge is 0.384 e. The van der Waals surface area contributed by atoms with E-state index in [2.05, 4.69) is 9.97 Å². The number of nitrogens with two attached hydrogens (primary N) is 1. The fraction of sp³-hybridized carbons (Fsp3) is 0.667. The van der Waals surface area contributed by atoms with Gasteiger partial charge in [0.2, 0.25) is 0 Å². The van der Waals surface area contributed by atoms with Gasteiger partial charge in [-0.1, -0.05) is 0 Å². The van der Waals surface area contributed by atoms with Gasteiger partial charge in [0.1, 0.15) is 17.5 Å². The highest BCUT2D eigenvalue weighted by Crippen LogP contribution is 2.23. The van der Waals surface area contributed by atoms with Crippen molar-refractivity contribution < 1.29 is 9.47 Å². The number of rotatable bonds is 6. The van der Waals surface area contributed by atoms with Crippen LogP contribution in [0.2, 0.25) is 0 Å². The number of hydrogen-bond donors (Lipinski definition) is 1. The molecule has 1 fully saturated rings. The third kappa shape index (κ3) is 4.12. The summed E-state index contributed by atoms with van der Waals surface area (Å²) >= 11 is 1.67. The van der Waals surface area contributed by atoms with E-state index in [0.29, 0.717) is 31.0 Å². The molecule has 1 aliphatic heterocycles. The molecule has 2 rings (SSSR count). The SMILES string of the molecule is CCOCc1nc(N)cc(SCC2CCCO2)n1. The standard InChI is InChI=1S/C12H19N3O2S/c1-2-16-7-11-14-10(13)6-12(15-11)18-8-9-4-3-5-17-9/h6,9H,2-5,7-8H2,1H3,(H2,13,14,15). The second-order valence-corrected chi connectivity index (χ2v) is 5.17. The maximum atomic E-state index is 5.76. The molecule has 1 saturated heterocycles. The molecule has 18 heavy (non-hydrogen) atoms.